The Hall–Kier alpha value is -2.71. The highest BCUT2D eigenvalue weighted by Crippen LogP contribution is 2.32. The zero-order valence-corrected chi connectivity index (χ0v) is 17.6. The molecule has 2 N–H and O–H groups in total. The molecule has 0 amide bonds. The van der Waals surface area contributed by atoms with Gasteiger partial charge in [0.1, 0.15) is 11.3 Å². The molecule has 0 aliphatic carbocycles. The molecule has 4 aromatic rings. The first-order valence-corrected chi connectivity index (χ1v) is 10.4. The number of nitrogens with two attached hydrogens (primary N) is 1. The Balaban J connectivity index is 1.48. The first kappa shape index (κ1) is 18.3. The van der Waals surface area contributed by atoms with Gasteiger partial charge in [0.25, 0.3) is 0 Å². The number of likely N-dealkylation sites (tertiary alicyclic amines) is 1. The molecule has 0 spiro atoms. The van der Waals surface area contributed by atoms with Gasteiger partial charge in [0, 0.05) is 28.0 Å². The van der Waals surface area contributed by atoms with E-state index >= 15 is 0 Å². The zero-order chi connectivity index (χ0) is 20.0. The summed E-state index contributed by atoms with van der Waals surface area (Å²) < 4.78 is 8.94. The third-order valence-electron chi connectivity index (χ3n) is 5.50. The number of rotatable bonds is 3. The quantitative estimate of drug-likeness (QED) is 0.496. The maximum atomic E-state index is 6.14. The van der Waals surface area contributed by atoms with Gasteiger partial charge >= 0.3 is 0 Å². The molecule has 0 atom stereocenters. The zero-order valence-electron chi connectivity index (χ0n) is 16.0. The van der Waals surface area contributed by atoms with E-state index in [2.05, 4.69) is 53.8 Å². The van der Waals surface area contributed by atoms with Gasteiger partial charge in [0.2, 0.25) is 5.89 Å². The van der Waals surface area contributed by atoms with Crippen LogP contribution in [0.4, 0.5) is 5.82 Å². The third-order valence-corrected chi connectivity index (χ3v) is 5.99. The first-order valence-electron chi connectivity index (χ1n) is 9.62. The summed E-state index contributed by atoms with van der Waals surface area (Å²) in [6, 6.07) is 8.14. The Morgan fingerprint density at radius 2 is 1.97 bits per heavy atom. The van der Waals surface area contributed by atoms with Crippen molar-refractivity contribution in [2.45, 2.75) is 18.9 Å². The van der Waals surface area contributed by atoms with Crippen LogP contribution in [-0.2, 0) is 0 Å². The Morgan fingerprint density at radius 3 is 2.79 bits per heavy atom. The summed E-state index contributed by atoms with van der Waals surface area (Å²) in [5, 5.41) is 4.61. The molecule has 1 saturated heterocycles. The summed E-state index contributed by atoms with van der Waals surface area (Å²) in [6.07, 6.45) is 7.98. The largest absolute Gasteiger partial charge is 0.436 e. The Morgan fingerprint density at radius 1 is 1.14 bits per heavy atom. The van der Waals surface area contributed by atoms with Crippen LogP contribution in [0.3, 0.4) is 0 Å². The molecule has 1 aliphatic rings. The van der Waals surface area contributed by atoms with E-state index in [-0.39, 0.29) is 0 Å². The van der Waals surface area contributed by atoms with E-state index in [0.29, 0.717) is 28.9 Å². The lowest BCUT2D eigenvalue weighted by Gasteiger charge is -2.28. The topological polar surface area (TPSA) is 86.0 Å². The average Bonchev–Trinajstić information content (AvgIpc) is 3.36. The monoisotopic (exact) mass is 452 g/mol. The van der Waals surface area contributed by atoms with E-state index in [1.807, 2.05) is 30.5 Å². The van der Waals surface area contributed by atoms with E-state index in [9.17, 15) is 0 Å². The van der Waals surface area contributed by atoms with Crippen LogP contribution in [0, 0.1) is 0 Å². The number of hydrogen-bond donors (Lipinski definition) is 1. The lowest BCUT2D eigenvalue weighted by molar-refractivity contribution is 0.212. The highest BCUT2D eigenvalue weighted by Gasteiger charge is 2.20. The molecule has 8 heteroatoms. The van der Waals surface area contributed by atoms with Gasteiger partial charge in [-0.2, -0.15) is 5.10 Å². The molecule has 1 aromatic carbocycles. The molecule has 1 aliphatic heterocycles. The number of aromatic nitrogens is 4. The normalized spacial score (nSPS) is 15.9. The Kier molecular flexibility index (Phi) is 4.60. The van der Waals surface area contributed by atoms with Crippen LogP contribution in [-0.4, -0.2) is 44.8 Å². The lowest BCUT2D eigenvalue weighted by Crippen LogP contribution is -2.31. The fourth-order valence-corrected chi connectivity index (χ4v) is 4.12. The van der Waals surface area contributed by atoms with E-state index in [1.54, 1.807) is 6.20 Å². The molecule has 0 bridgehead atoms. The van der Waals surface area contributed by atoms with Crippen molar-refractivity contribution in [2.24, 2.45) is 0 Å². The number of fused-ring (bicyclic) bond motifs is 1. The minimum Gasteiger partial charge on any atom is -0.436 e. The van der Waals surface area contributed by atoms with Crippen LogP contribution in [0.15, 0.2) is 51.7 Å². The maximum absolute atomic E-state index is 6.14. The van der Waals surface area contributed by atoms with Crippen molar-refractivity contribution in [3.8, 4) is 22.6 Å². The van der Waals surface area contributed by atoms with Gasteiger partial charge in [0.15, 0.2) is 5.58 Å². The molecule has 4 heterocycles. The van der Waals surface area contributed by atoms with Gasteiger partial charge in [-0.1, -0.05) is 15.9 Å². The molecule has 3 aromatic heterocycles. The highest BCUT2D eigenvalue weighted by atomic mass is 79.9. The number of oxazole rings is 1. The standard InChI is InChI=1S/C21H21BrN6O/c1-27-6-4-16(5-7-27)28-12-14(11-25-28)13-8-17(20(23)24-10-13)21-26-18-9-15(22)2-3-19(18)29-21/h2-3,8-12,16H,4-7H2,1H3,(H2,23,24). The van der Waals surface area contributed by atoms with Gasteiger partial charge in [-0.05, 0) is 57.2 Å². The summed E-state index contributed by atoms with van der Waals surface area (Å²) in [7, 11) is 2.16. The molecule has 1 fully saturated rings. The van der Waals surface area contributed by atoms with Gasteiger partial charge in [0.05, 0.1) is 17.8 Å². The lowest BCUT2D eigenvalue weighted by atomic mass is 10.1. The average molecular weight is 453 g/mol. The molecule has 29 heavy (non-hydrogen) atoms. The van der Waals surface area contributed by atoms with Crippen molar-refractivity contribution in [1.29, 1.82) is 0 Å². The van der Waals surface area contributed by atoms with Crippen molar-refractivity contribution in [3.05, 3.63) is 47.3 Å². The number of hydrogen-bond acceptors (Lipinski definition) is 6. The number of piperidine rings is 1. The number of nitrogens with zero attached hydrogens (tertiary/aromatic N) is 5. The second-order valence-electron chi connectivity index (χ2n) is 7.53. The molecular weight excluding hydrogens is 432 g/mol. The third kappa shape index (κ3) is 3.54. The minimum atomic E-state index is 0.391. The number of nitrogen functional groups attached to an aromatic ring is 1. The molecule has 148 valence electrons. The highest BCUT2D eigenvalue weighted by molar-refractivity contribution is 9.10. The van der Waals surface area contributed by atoms with Gasteiger partial charge in [-0.15, -0.1) is 0 Å². The van der Waals surface area contributed by atoms with E-state index < -0.39 is 0 Å². The smallest absolute Gasteiger partial charge is 0.231 e. The predicted octanol–water partition coefficient (Wildman–Crippen LogP) is 4.36. The fourth-order valence-electron chi connectivity index (χ4n) is 3.77. The van der Waals surface area contributed by atoms with Crippen LogP contribution >= 0.6 is 15.9 Å². The van der Waals surface area contributed by atoms with Crippen molar-refractivity contribution in [2.75, 3.05) is 25.9 Å². The maximum Gasteiger partial charge on any atom is 0.231 e. The van der Waals surface area contributed by atoms with Gasteiger partial charge < -0.3 is 15.1 Å². The van der Waals surface area contributed by atoms with Crippen LogP contribution in [0.1, 0.15) is 18.9 Å². The number of pyridine rings is 1. The first-order chi connectivity index (χ1) is 14.1. The van der Waals surface area contributed by atoms with Crippen LogP contribution in [0.5, 0.6) is 0 Å². The number of halogens is 1. The van der Waals surface area contributed by atoms with Gasteiger partial charge in [-0.25, -0.2) is 9.97 Å². The number of anilines is 1. The molecular formula is C21H21BrN6O. The second kappa shape index (κ2) is 7.27. The number of benzene rings is 1. The summed E-state index contributed by atoms with van der Waals surface area (Å²) in [4.78, 5) is 11.3. The summed E-state index contributed by atoms with van der Waals surface area (Å²) in [6.45, 7) is 2.20. The summed E-state index contributed by atoms with van der Waals surface area (Å²) >= 11 is 3.46. The molecule has 5 rings (SSSR count). The van der Waals surface area contributed by atoms with Crippen molar-refractivity contribution in [3.63, 3.8) is 0 Å². The fraction of sp³-hybridized carbons (Fsp3) is 0.286. The SMILES string of the molecule is CN1CCC(n2cc(-c3cnc(N)c(-c4nc5cc(Br)ccc5o4)c3)cn2)CC1. The molecule has 0 saturated carbocycles. The van der Waals surface area contributed by atoms with Crippen LogP contribution < -0.4 is 5.73 Å². The Labute approximate surface area is 176 Å². The second-order valence-corrected chi connectivity index (χ2v) is 8.45. The summed E-state index contributed by atoms with van der Waals surface area (Å²) in [5.74, 6) is 0.856. The van der Waals surface area contributed by atoms with E-state index in [1.165, 1.54) is 0 Å². The molecule has 0 unspecified atom stereocenters. The van der Waals surface area contributed by atoms with Gasteiger partial charge in [-0.3, -0.25) is 4.68 Å². The van der Waals surface area contributed by atoms with Crippen molar-refractivity contribution >= 4 is 32.8 Å². The minimum absolute atomic E-state index is 0.391. The Bertz CT molecular complexity index is 1180. The van der Waals surface area contributed by atoms with E-state index in [0.717, 1.165) is 47.0 Å². The van der Waals surface area contributed by atoms with Crippen molar-refractivity contribution < 1.29 is 4.42 Å². The van der Waals surface area contributed by atoms with Crippen LogP contribution in [0.2, 0.25) is 0 Å². The van der Waals surface area contributed by atoms with Crippen molar-refractivity contribution in [1.82, 2.24) is 24.6 Å². The molecule has 0 radical (unpaired) electrons. The van der Waals surface area contributed by atoms with E-state index in [4.69, 9.17) is 10.2 Å². The molecule has 7 nitrogen and oxygen atoms in total. The summed E-state index contributed by atoms with van der Waals surface area (Å²) in [5.41, 5.74) is 10.3. The van der Waals surface area contributed by atoms with Crippen LogP contribution in [0.25, 0.3) is 33.7 Å². The predicted molar refractivity (Wildman–Crippen MR) is 116 cm³/mol.